The molecule has 0 aliphatic carbocycles. The fraction of sp³-hybridized carbons (Fsp3) is 0.480. The Morgan fingerprint density at radius 2 is 2.15 bits per heavy atom. The lowest BCUT2D eigenvalue weighted by Gasteiger charge is -2.35. The van der Waals surface area contributed by atoms with Gasteiger partial charge < -0.3 is 24.4 Å². The topological polar surface area (TPSA) is 79.7 Å². The SMILES string of the molecule is CN(C)C(=O)c1ccc2c(c1)c(C[C@H]1COCCN1c1nc3c(s1)CC(C)(C)NC3=O)cn2C. The van der Waals surface area contributed by atoms with Gasteiger partial charge in [-0.3, -0.25) is 9.59 Å². The molecule has 2 amide bonds. The van der Waals surface area contributed by atoms with E-state index in [1.165, 1.54) is 5.56 Å². The first-order valence-corrected chi connectivity index (χ1v) is 12.4. The zero-order valence-corrected chi connectivity index (χ0v) is 21.2. The predicted octanol–water partition coefficient (Wildman–Crippen LogP) is 2.85. The first-order chi connectivity index (χ1) is 16.1. The van der Waals surface area contributed by atoms with Gasteiger partial charge >= 0.3 is 0 Å². The highest BCUT2D eigenvalue weighted by molar-refractivity contribution is 7.16. The Labute approximate surface area is 203 Å². The van der Waals surface area contributed by atoms with Crippen LogP contribution < -0.4 is 10.2 Å². The molecule has 2 aliphatic rings. The smallest absolute Gasteiger partial charge is 0.271 e. The Morgan fingerprint density at radius 1 is 1.35 bits per heavy atom. The van der Waals surface area contributed by atoms with Crippen LogP contribution in [0.25, 0.3) is 10.9 Å². The van der Waals surface area contributed by atoms with Crippen molar-refractivity contribution in [2.75, 3.05) is 38.8 Å². The molecule has 2 aromatic heterocycles. The normalized spacial score (nSPS) is 19.7. The number of rotatable bonds is 4. The van der Waals surface area contributed by atoms with Gasteiger partial charge in [0.1, 0.15) is 5.69 Å². The average Bonchev–Trinajstić information content (AvgIpc) is 3.33. The number of ether oxygens (including phenoxy) is 1. The lowest BCUT2D eigenvalue weighted by molar-refractivity contribution is 0.0826. The number of morpholine rings is 1. The van der Waals surface area contributed by atoms with Crippen LogP contribution in [0.5, 0.6) is 0 Å². The Bertz CT molecular complexity index is 1280. The van der Waals surface area contributed by atoms with Gasteiger partial charge in [-0.2, -0.15) is 0 Å². The fourth-order valence-corrected chi connectivity index (χ4v) is 6.31. The molecule has 1 aromatic carbocycles. The van der Waals surface area contributed by atoms with E-state index in [0.717, 1.165) is 40.3 Å². The maximum absolute atomic E-state index is 12.6. The Balaban J connectivity index is 1.47. The summed E-state index contributed by atoms with van der Waals surface area (Å²) >= 11 is 1.62. The highest BCUT2D eigenvalue weighted by Crippen LogP contribution is 2.35. The number of amides is 2. The van der Waals surface area contributed by atoms with Crippen LogP contribution in [0, 0.1) is 0 Å². The maximum Gasteiger partial charge on any atom is 0.271 e. The molecule has 0 radical (unpaired) electrons. The molecule has 8 nitrogen and oxygen atoms in total. The van der Waals surface area contributed by atoms with Crippen LogP contribution in [0.2, 0.25) is 0 Å². The molecule has 0 bridgehead atoms. The second kappa shape index (κ2) is 8.39. The lowest BCUT2D eigenvalue weighted by Crippen LogP contribution is -2.49. The molecule has 1 N–H and O–H groups in total. The maximum atomic E-state index is 12.6. The van der Waals surface area contributed by atoms with E-state index in [2.05, 4.69) is 21.0 Å². The first kappa shape index (κ1) is 22.9. The summed E-state index contributed by atoms with van der Waals surface area (Å²) in [5.41, 5.74) is 3.25. The van der Waals surface area contributed by atoms with Crippen molar-refractivity contribution in [2.45, 2.75) is 38.3 Å². The van der Waals surface area contributed by atoms with Crippen LogP contribution in [-0.2, 0) is 24.6 Å². The lowest BCUT2D eigenvalue weighted by atomic mass is 9.95. The number of nitrogens with zero attached hydrogens (tertiary/aromatic N) is 4. The van der Waals surface area contributed by atoms with E-state index >= 15 is 0 Å². The van der Waals surface area contributed by atoms with Gasteiger partial charge in [0.15, 0.2) is 5.13 Å². The number of nitrogens with one attached hydrogen (secondary N) is 1. The Kier molecular flexibility index (Phi) is 5.64. The van der Waals surface area contributed by atoms with E-state index in [-0.39, 0.29) is 23.4 Å². The van der Waals surface area contributed by atoms with Crippen LogP contribution in [0.15, 0.2) is 24.4 Å². The molecule has 1 fully saturated rings. The summed E-state index contributed by atoms with van der Waals surface area (Å²) < 4.78 is 7.97. The number of thiazole rings is 1. The molecule has 1 atom stereocenters. The number of carbonyl (C=O) groups excluding carboxylic acids is 2. The summed E-state index contributed by atoms with van der Waals surface area (Å²) in [4.78, 5) is 34.9. The van der Waals surface area contributed by atoms with E-state index in [4.69, 9.17) is 9.72 Å². The number of hydrogen-bond donors (Lipinski definition) is 1. The second-order valence-corrected chi connectivity index (χ2v) is 11.2. The summed E-state index contributed by atoms with van der Waals surface area (Å²) in [5.74, 6) is -0.0976. The molecule has 0 saturated carbocycles. The summed E-state index contributed by atoms with van der Waals surface area (Å²) in [6.45, 7) is 6.04. The third kappa shape index (κ3) is 4.07. The highest BCUT2D eigenvalue weighted by atomic mass is 32.1. The number of hydrogen-bond acceptors (Lipinski definition) is 6. The van der Waals surface area contributed by atoms with Crippen molar-refractivity contribution in [2.24, 2.45) is 7.05 Å². The van der Waals surface area contributed by atoms with Gasteiger partial charge in [0, 0.05) is 67.2 Å². The van der Waals surface area contributed by atoms with Gasteiger partial charge in [-0.05, 0) is 44.0 Å². The van der Waals surface area contributed by atoms with Crippen molar-refractivity contribution >= 4 is 39.2 Å². The summed E-state index contributed by atoms with van der Waals surface area (Å²) in [6, 6.07) is 5.99. The van der Waals surface area contributed by atoms with Gasteiger partial charge in [-0.25, -0.2) is 4.98 Å². The Hall–Kier alpha value is -2.91. The number of carbonyl (C=O) groups is 2. The fourth-order valence-electron chi connectivity index (χ4n) is 4.93. The molecule has 9 heteroatoms. The molecule has 3 aromatic rings. The number of aromatic nitrogens is 2. The van der Waals surface area contributed by atoms with E-state index in [9.17, 15) is 9.59 Å². The summed E-state index contributed by atoms with van der Waals surface area (Å²) in [7, 11) is 5.57. The largest absolute Gasteiger partial charge is 0.377 e. The first-order valence-electron chi connectivity index (χ1n) is 11.6. The molecule has 0 unspecified atom stereocenters. The molecule has 2 aliphatic heterocycles. The van der Waals surface area contributed by atoms with Gasteiger partial charge in [0.05, 0.1) is 19.3 Å². The highest BCUT2D eigenvalue weighted by Gasteiger charge is 2.35. The van der Waals surface area contributed by atoms with Gasteiger partial charge in [-0.15, -0.1) is 11.3 Å². The Morgan fingerprint density at radius 3 is 2.91 bits per heavy atom. The van der Waals surface area contributed by atoms with Crippen LogP contribution in [0.4, 0.5) is 5.13 Å². The van der Waals surface area contributed by atoms with Gasteiger partial charge in [-0.1, -0.05) is 0 Å². The minimum absolute atomic E-state index is 0.00565. The molecular weight excluding hydrogens is 450 g/mol. The summed E-state index contributed by atoms with van der Waals surface area (Å²) in [6.07, 6.45) is 3.69. The molecule has 0 spiro atoms. The van der Waals surface area contributed by atoms with E-state index in [1.54, 1.807) is 30.3 Å². The quantitative estimate of drug-likeness (QED) is 0.620. The van der Waals surface area contributed by atoms with Crippen molar-refractivity contribution in [3.8, 4) is 0 Å². The second-order valence-electron chi connectivity index (χ2n) is 10.1. The van der Waals surface area contributed by atoms with Crippen molar-refractivity contribution in [1.82, 2.24) is 19.8 Å². The van der Waals surface area contributed by atoms with Crippen LogP contribution in [0.1, 0.15) is 45.1 Å². The third-order valence-corrected chi connectivity index (χ3v) is 7.70. The van der Waals surface area contributed by atoms with Crippen LogP contribution >= 0.6 is 11.3 Å². The predicted molar refractivity (Wildman–Crippen MR) is 134 cm³/mol. The molecule has 34 heavy (non-hydrogen) atoms. The minimum atomic E-state index is -0.261. The van der Waals surface area contributed by atoms with Crippen LogP contribution in [-0.4, -0.2) is 71.7 Å². The number of anilines is 1. The number of benzene rings is 1. The molecule has 1 saturated heterocycles. The van der Waals surface area contributed by atoms with Crippen molar-refractivity contribution in [1.29, 1.82) is 0 Å². The van der Waals surface area contributed by atoms with Crippen molar-refractivity contribution < 1.29 is 14.3 Å². The standard InChI is InChI=1S/C25H31N5O3S/c1-25(2)12-20-21(22(31)27-25)26-24(34-20)30-8-9-33-14-17(30)10-16-13-29(5)19-7-6-15(11-18(16)19)23(32)28(3)4/h6-7,11,13,17H,8-10,12,14H2,1-5H3,(H,27,31)/t17-/m0/s1. The van der Waals surface area contributed by atoms with Crippen molar-refractivity contribution in [3.63, 3.8) is 0 Å². The van der Waals surface area contributed by atoms with E-state index in [1.807, 2.05) is 39.1 Å². The molecular formula is C25H31N5O3S. The van der Waals surface area contributed by atoms with Gasteiger partial charge in [0.2, 0.25) is 0 Å². The number of fused-ring (bicyclic) bond motifs is 2. The third-order valence-electron chi connectivity index (χ3n) is 6.61. The van der Waals surface area contributed by atoms with E-state index < -0.39 is 0 Å². The van der Waals surface area contributed by atoms with Gasteiger partial charge in [0.25, 0.3) is 11.8 Å². The zero-order valence-electron chi connectivity index (χ0n) is 20.3. The monoisotopic (exact) mass is 481 g/mol. The molecule has 5 rings (SSSR count). The van der Waals surface area contributed by atoms with Crippen LogP contribution in [0.3, 0.4) is 0 Å². The molecule has 180 valence electrons. The van der Waals surface area contributed by atoms with E-state index in [0.29, 0.717) is 24.5 Å². The number of aryl methyl sites for hydroxylation is 1. The molecule has 4 heterocycles. The minimum Gasteiger partial charge on any atom is -0.377 e. The zero-order chi connectivity index (χ0) is 24.2. The summed E-state index contributed by atoms with van der Waals surface area (Å²) in [5, 5.41) is 5.02. The average molecular weight is 482 g/mol. The van der Waals surface area contributed by atoms with Crippen molar-refractivity contribution in [3.05, 3.63) is 46.1 Å².